The molecule has 0 saturated heterocycles. The van der Waals surface area contributed by atoms with Gasteiger partial charge >= 0.3 is 0 Å². The highest BCUT2D eigenvalue weighted by molar-refractivity contribution is 6.40. The lowest BCUT2D eigenvalue weighted by Gasteiger charge is -2.07. The van der Waals surface area contributed by atoms with Gasteiger partial charge in [-0.25, -0.2) is 0 Å². The molecule has 3 nitrogen and oxygen atoms in total. The zero-order chi connectivity index (χ0) is 11.0. The van der Waals surface area contributed by atoms with E-state index in [0.29, 0.717) is 15.6 Å². The molecule has 0 spiro atoms. The number of carbonyl (C=O) groups excluding carboxylic acids is 1. The summed E-state index contributed by atoms with van der Waals surface area (Å²) in [6.45, 7) is 1.63. The summed E-state index contributed by atoms with van der Waals surface area (Å²) in [4.78, 5) is 14.9. The minimum Gasteiger partial charge on any atom is -0.464 e. The first kappa shape index (κ1) is 10.5. The first-order chi connectivity index (χ1) is 7.09. The zero-order valence-electron chi connectivity index (χ0n) is 7.83. The zero-order valence-corrected chi connectivity index (χ0v) is 9.34. The molecule has 0 fully saturated rings. The second-order valence-electron chi connectivity index (χ2n) is 3.11. The molecule has 0 bridgehead atoms. The molecule has 1 heterocycles. The van der Waals surface area contributed by atoms with Crippen LogP contribution in [0.15, 0.2) is 23.2 Å². The summed E-state index contributed by atoms with van der Waals surface area (Å²) in [5.41, 5.74) is 0.471. The van der Waals surface area contributed by atoms with E-state index in [2.05, 4.69) is 4.99 Å². The average molecular weight is 244 g/mol. The molecule has 0 aromatic heterocycles. The van der Waals surface area contributed by atoms with Crippen LogP contribution in [0.5, 0.6) is 0 Å². The Morgan fingerprint density at radius 3 is 2.40 bits per heavy atom. The second kappa shape index (κ2) is 3.83. The van der Waals surface area contributed by atoms with Gasteiger partial charge in [-0.2, -0.15) is 4.99 Å². The van der Waals surface area contributed by atoms with Gasteiger partial charge in [0.15, 0.2) is 6.10 Å². The quantitative estimate of drug-likeness (QED) is 0.761. The van der Waals surface area contributed by atoms with Crippen molar-refractivity contribution in [2.45, 2.75) is 13.0 Å². The number of hydrogen-bond acceptors (Lipinski definition) is 2. The number of ether oxygens (including phenoxy) is 1. The number of hydrogen-bond donors (Lipinski definition) is 0. The van der Waals surface area contributed by atoms with E-state index < -0.39 is 6.10 Å². The molecule has 1 amide bonds. The highest BCUT2D eigenvalue weighted by atomic mass is 35.5. The van der Waals surface area contributed by atoms with Crippen LogP contribution >= 0.6 is 23.2 Å². The van der Waals surface area contributed by atoms with Crippen molar-refractivity contribution in [3.8, 4) is 0 Å². The number of halogens is 2. The maximum absolute atomic E-state index is 11.2. The fourth-order valence-electron chi connectivity index (χ4n) is 1.25. The number of carbonyl (C=O) groups is 1. The van der Waals surface area contributed by atoms with E-state index in [1.807, 2.05) is 0 Å². The van der Waals surface area contributed by atoms with Crippen LogP contribution in [0.4, 0.5) is 0 Å². The Labute approximate surface area is 96.7 Å². The van der Waals surface area contributed by atoms with E-state index >= 15 is 0 Å². The summed E-state index contributed by atoms with van der Waals surface area (Å²) < 4.78 is 5.25. The summed E-state index contributed by atoms with van der Waals surface area (Å²) in [6.07, 6.45) is -0.563. The van der Waals surface area contributed by atoms with E-state index in [1.165, 1.54) is 0 Å². The van der Waals surface area contributed by atoms with E-state index in [9.17, 15) is 4.79 Å². The highest BCUT2D eigenvalue weighted by Gasteiger charge is 2.27. The summed E-state index contributed by atoms with van der Waals surface area (Å²) in [7, 11) is 0. The van der Waals surface area contributed by atoms with Crippen LogP contribution in [-0.4, -0.2) is 17.9 Å². The number of nitrogens with zero attached hydrogens (tertiary/aromatic N) is 1. The van der Waals surface area contributed by atoms with E-state index in [4.69, 9.17) is 27.9 Å². The van der Waals surface area contributed by atoms with E-state index in [1.54, 1.807) is 25.1 Å². The van der Waals surface area contributed by atoms with Gasteiger partial charge in [-0.15, -0.1) is 0 Å². The van der Waals surface area contributed by atoms with Gasteiger partial charge in [-0.3, -0.25) is 4.79 Å². The van der Waals surface area contributed by atoms with Crippen LogP contribution < -0.4 is 0 Å². The molecule has 1 aliphatic heterocycles. The van der Waals surface area contributed by atoms with Crippen LogP contribution in [0.25, 0.3) is 0 Å². The number of rotatable bonds is 1. The molecule has 1 aliphatic rings. The lowest BCUT2D eigenvalue weighted by Crippen LogP contribution is -2.12. The first-order valence-corrected chi connectivity index (χ1v) is 5.09. The molecule has 1 unspecified atom stereocenters. The molecule has 1 aromatic carbocycles. The molecule has 78 valence electrons. The van der Waals surface area contributed by atoms with Crippen molar-refractivity contribution < 1.29 is 9.53 Å². The van der Waals surface area contributed by atoms with Crippen molar-refractivity contribution in [3.63, 3.8) is 0 Å². The van der Waals surface area contributed by atoms with Gasteiger partial charge in [-0.1, -0.05) is 29.3 Å². The van der Waals surface area contributed by atoms with Crippen LogP contribution in [0.1, 0.15) is 12.5 Å². The molecule has 0 saturated carbocycles. The third-order valence-corrected chi connectivity index (χ3v) is 2.65. The fourth-order valence-corrected chi connectivity index (χ4v) is 1.81. The topological polar surface area (TPSA) is 38.7 Å². The molecule has 0 N–H and O–H groups in total. The Morgan fingerprint density at radius 1 is 1.33 bits per heavy atom. The van der Waals surface area contributed by atoms with Gasteiger partial charge in [0.2, 0.25) is 5.90 Å². The molecule has 0 radical (unpaired) electrons. The molecule has 1 atom stereocenters. The summed E-state index contributed by atoms with van der Waals surface area (Å²) >= 11 is 11.9. The minimum absolute atomic E-state index is 0.197. The maximum atomic E-state index is 11.2. The van der Waals surface area contributed by atoms with Crippen molar-refractivity contribution in [3.05, 3.63) is 33.8 Å². The lowest BCUT2D eigenvalue weighted by molar-refractivity contribution is -0.121. The number of benzene rings is 1. The Hall–Kier alpha value is -1.06. The fraction of sp³-hybridized carbons (Fsp3) is 0.200. The molecular weight excluding hydrogens is 237 g/mol. The van der Waals surface area contributed by atoms with Crippen molar-refractivity contribution in [1.82, 2.24) is 0 Å². The summed E-state index contributed by atoms with van der Waals surface area (Å²) in [5, 5.41) is 0.839. The largest absolute Gasteiger partial charge is 0.464 e. The average Bonchev–Trinajstić information content (AvgIpc) is 2.46. The predicted octanol–water partition coefficient (Wildman–Crippen LogP) is 2.69. The summed E-state index contributed by atoms with van der Waals surface area (Å²) in [5.74, 6) is -0.121. The minimum atomic E-state index is -0.563. The smallest absolute Gasteiger partial charge is 0.289 e. The molecular formula is C10H7Cl2NO2. The maximum Gasteiger partial charge on any atom is 0.289 e. The molecule has 2 rings (SSSR count). The third-order valence-electron chi connectivity index (χ3n) is 2.02. The highest BCUT2D eigenvalue weighted by Crippen LogP contribution is 2.27. The Balaban J connectivity index is 2.48. The van der Waals surface area contributed by atoms with E-state index in [0.717, 1.165) is 0 Å². The molecule has 1 aromatic rings. The first-order valence-electron chi connectivity index (χ1n) is 4.33. The molecule has 5 heteroatoms. The number of aliphatic imine (C=N–C) groups is 1. The van der Waals surface area contributed by atoms with Gasteiger partial charge in [0.05, 0.1) is 15.6 Å². The lowest BCUT2D eigenvalue weighted by atomic mass is 10.2. The molecule has 0 aliphatic carbocycles. The van der Waals surface area contributed by atoms with Crippen molar-refractivity contribution in [1.29, 1.82) is 0 Å². The third kappa shape index (κ3) is 1.85. The van der Waals surface area contributed by atoms with Crippen LogP contribution in [0.2, 0.25) is 10.0 Å². The summed E-state index contributed by atoms with van der Waals surface area (Å²) in [6, 6.07) is 5.05. The number of amides is 1. The van der Waals surface area contributed by atoms with Gasteiger partial charge in [0.1, 0.15) is 0 Å². The van der Waals surface area contributed by atoms with Gasteiger partial charge in [0.25, 0.3) is 5.91 Å². The predicted molar refractivity (Wildman–Crippen MR) is 58.6 cm³/mol. The SMILES string of the molecule is CC1OC(c2c(Cl)cccc2Cl)=NC1=O. The Morgan fingerprint density at radius 2 is 1.93 bits per heavy atom. The van der Waals surface area contributed by atoms with Gasteiger partial charge in [0, 0.05) is 0 Å². The van der Waals surface area contributed by atoms with Crippen molar-refractivity contribution in [2.75, 3.05) is 0 Å². The standard InChI is InChI=1S/C10H7Cl2NO2/c1-5-9(14)13-10(15-5)8-6(11)3-2-4-7(8)12/h2-5H,1H3. The van der Waals surface area contributed by atoms with Crippen LogP contribution in [0.3, 0.4) is 0 Å². The van der Waals surface area contributed by atoms with Crippen LogP contribution in [0, 0.1) is 0 Å². The molecule has 15 heavy (non-hydrogen) atoms. The monoisotopic (exact) mass is 243 g/mol. The normalized spacial score (nSPS) is 20.1. The van der Waals surface area contributed by atoms with Crippen molar-refractivity contribution >= 4 is 35.0 Å². The van der Waals surface area contributed by atoms with Crippen LogP contribution in [-0.2, 0) is 9.53 Å². The Kier molecular flexibility index (Phi) is 2.67. The second-order valence-corrected chi connectivity index (χ2v) is 3.93. The van der Waals surface area contributed by atoms with Gasteiger partial charge in [-0.05, 0) is 19.1 Å². The van der Waals surface area contributed by atoms with Crippen molar-refractivity contribution in [2.24, 2.45) is 4.99 Å². The van der Waals surface area contributed by atoms with E-state index in [-0.39, 0.29) is 11.8 Å². The Bertz CT molecular complexity index is 436. The van der Waals surface area contributed by atoms with Gasteiger partial charge < -0.3 is 4.74 Å².